The number of rotatable bonds is 3. The van der Waals surface area contributed by atoms with E-state index in [-0.39, 0.29) is 17.3 Å². The number of carbonyl (C=O) groups is 1. The van der Waals surface area contributed by atoms with Crippen LogP contribution in [0.4, 0.5) is 0 Å². The van der Waals surface area contributed by atoms with E-state index in [2.05, 4.69) is 10.3 Å². The Morgan fingerprint density at radius 2 is 2.00 bits per heavy atom. The van der Waals surface area contributed by atoms with E-state index >= 15 is 0 Å². The molecule has 1 N–H and O–H groups in total. The second kappa shape index (κ2) is 5.58. The fourth-order valence-corrected chi connectivity index (χ4v) is 2.32. The molecule has 2 aromatic carbocycles. The van der Waals surface area contributed by atoms with Crippen LogP contribution in [0.2, 0.25) is 5.35 Å². The maximum absolute atomic E-state index is 12.3. The Labute approximate surface area is 126 Å². The van der Waals surface area contributed by atoms with Crippen LogP contribution in [-0.2, 0) is 0 Å². The Morgan fingerprint density at radius 1 is 1.24 bits per heavy atom. The number of nitrogens with zero attached hydrogens (tertiary/aromatic N) is 1. The van der Waals surface area contributed by atoms with Crippen LogP contribution in [0.15, 0.2) is 52.9 Å². The molecule has 0 bridgehead atoms. The van der Waals surface area contributed by atoms with E-state index < -0.39 is 0 Å². The van der Waals surface area contributed by atoms with Gasteiger partial charge in [-0.05, 0) is 42.3 Å². The van der Waals surface area contributed by atoms with Crippen LogP contribution < -0.4 is 5.32 Å². The maximum atomic E-state index is 12.3. The summed E-state index contributed by atoms with van der Waals surface area (Å²) in [6.07, 6.45) is 0. The average Bonchev–Trinajstić information content (AvgIpc) is 2.87. The Bertz CT molecular complexity index is 783. The molecule has 1 heterocycles. The van der Waals surface area contributed by atoms with Crippen LogP contribution in [-0.4, -0.2) is 10.9 Å². The van der Waals surface area contributed by atoms with Crippen LogP contribution in [0.25, 0.3) is 11.1 Å². The molecule has 0 aliphatic rings. The number of benzene rings is 2. The van der Waals surface area contributed by atoms with Gasteiger partial charge in [0, 0.05) is 5.56 Å². The molecular weight excluding hydrogens is 288 g/mol. The van der Waals surface area contributed by atoms with Crippen LogP contribution in [0, 0.1) is 0 Å². The first kappa shape index (κ1) is 13.6. The van der Waals surface area contributed by atoms with Gasteiger partial charge in [-0.15, -0.1) is 0 Å². The minimum atomic E-state index is -0.166. The van der Waals surface area contributed by atoms with Crippen molar-refractivity contribution in [1.29, 1.82) is 0 Å². The summed E-state index contributed by atoms with van der Waals surface area (Å²) in [5, 5.41) is 3.02. The van der Waals surface area contributed by atoms with Gasteiger partial charge in [-0.2, -0.15) is 4.98 Å². The number of oxazole rings is 1. The lowest BCUT2D eigenvalue weighted by atomic mass is 10.1. The summed E-state index contributed by atoms with van der Waals surface area (Å²) in [4.78, 5) is 16.3. The second-order valence-electron chi connectivity index (χ2n) is 4.76. The molecule has 0 radical (unpaired) electrons. The van der Waals surface area contributed by atoms with Crippen LogP contribution >= 0.6 is 11.6 Å². The fraction of sp³-hybridized carbons (Fsp3) is 0.125. The van der Waals surface area contributed by atoms with Gasteiger partial charge in [0.05, 0.1) is 6.04 Å². The maximum Gasteiger partial charge on any atom is 0.293 e. The van der Waals surface area contributed by atoms with Gasteiger partial charge >= 0.3 is 0 Å². The Balaban J connectivity index is 1.80. The molecule has 3 rings (SSSR count). The molecular formula is C16H13ClN2O2. The Hall–Kier alpha value is -2.33. The molecule has 5 heteroatoms. The van der Waals surface area contributed by atoms with Gasteiger partial charge in [0.25, 0.3) is 11.3 Å². The number of amides is 1. The lowest BCUT2D eigenvalue weighted by molar-refractivity contribution is 0.0940. The van der Waals surface area contributed by atoms with Crippen molar-refractivity contribution in [2.75, 3.05) is 0 Å². The average molecular weight is 301 g/mol. The molecule has 0 spiro atoms. The van der Waals surface area contributed by atoms with Gasteiger partial charge in [0.2, 0.25) is 0 Å². The van der Waals surface area contributed by atoms with E-state index in [1.807, 2.05) is 37.3 Å². The number of halogens is 1. The topological polar surface area (TPSA) is 55.1 Å². The summed E-state index contributed by atoms with van der Waals surface area (Å²) in [6, 6.07) is 14.8. The molecule has 0 aliphatic heterocycles. The SMILES string of the molecule is C[C@H](NC(=O)c1ccc2nc(Cl)oc2c1)c1ccccc1. The molecule has 1 atom stereocenters. The Kier molecular flexibility index (Phi) is 3.62. The molecule has 1 aromatic heterocycles. The molecule has 3 aromatic rings. The predicted molar refractivity (Wildman–Crippen MR) is 81.3 cm³/mol. The Morgan fingerprint density at radius 3 is 2.76 bits per heavy atom. The molecule has 0 aliphatic carbocycles. The van der Waals surface area contributed by atoms with Crippen molar-refractivity contribution >= 4 is 28.6 Å². The largest absolute Gasteiger partial charge is 0.428 e. The number of hydrogen-bond acceptors (Lipinski definition) is 3. The highest BCUT2D eigenvalue weighted by molar-refractivity contribution is 6.28. The lowest BCUT2D eigenvalue weighted by Gasteiger charge is -2.14. The molecule has 1 amide bonds. The first-order valence-electron chi connectivity index (χ1n) is 6.55. The van der Waals surface area contributed by atoms with E-state index in [0.29, 0.717) is 16.7 Å². The standard InChI is InChI=1S/C16H13ClN2O2/c1-10(11-5-3-2-4-6-11)18-15(20)12-7-8-13-14(9-12)21-16(17)19-13/h2-10H,1H3,(H,18,20)/t10-/m0/s1. The van der Waals surface area contributed by atoms with E-state index in [0.717, 1.165) is 5.56 Å². The minimum Gasteiger partial charge on any atom is -0.428 e. The normalized spacial score (nSPS) is 12.3. The number of nitrogens with one attached hydrogen (secondary N) is 1. The first-order chi connectivity index (χ1) is 10.1. The van der Waals surface area contributed by atoms with E-state index in [1.165, 1.54) is 0 Å². The lowest BCUT2D eigenvalue weighted by Crippen LogP contribution is -2.26. The number of fused-ring (bicyclic) bond motifs is 1. The third-order valence-electron chi connectivity index (χ3n) is 3.27. The van der Waals surface area contributed by atoms with Gasteiger partial charge in [-0.3, -0.25) is 4.79 Å². The molecule has 0 fully saturated rings. The highest BCUT2D eigenvalue weighted by Crippen LogP contribution is 2.20. The summed E-state index contributed by atoms with van der Waals surface area (Å²) in [5.74, 6) is -0.166. The van der Waals surface area contributed by atoms with Crippen molar-refractivity contribution in [3.63, 3.8) is 0 Å². The van der Waals surface area contributed by atoms with Crippen LogP contribution in [0.3, 0.4) is 0 Å². The van der Waals surface area contributed by atoms with Gasteiger partial charge in [0.15, 0.2) is 5.58 Å². The van der Waals surface area contributed by atoms with E-state index in [4.69, 9.17) is 16.0 Å². The third kappa shape index (κ3) is 2.90. The van der Waals surface area contributed by atoms with Gasteiger partial charge in [-0.1, -0.05) is 30.3 Å². The van der Waals surface area contributed by atoms with E-state index in [1.54, 1.807) is 18.2 Å². The van der Waals surface area contributed by atoms with Crippen molar-refractivity contribution in [3.05, 3.63) is 65.0 Å². The van der Waals surface area contributed by atoms with E-state index in [9.17, 15) is 4.79 Å². The monoisotopic (exact) mass is 300 g/mol. The van der Waals surface area contributed by atoms with Gasteiger partial charge in [-0.25, -0.2) is 0 Å². The summed E-state index contributed by atoms with van der Waals surface area (Å²) in [5.41, 5.74) is 2.69. The third-order valence-corrected chi connectivity index (χ3v) is 3.43. The molecule has 0 saturated heterocycles. The number of carbonyl (C=O) groups excluding carboxylic acids is 1. The smallest absolute Gasteiger partial charge is 0.293 e. The minimum absolute atomic E-state index is 0.0696. The van der Waals surface area contributed by atoms with Crippen molar-refractivity contribution in [3.8, 4) is 0 Å². The van der Waals surface area contributed by atoms with Crippen molar-refractivity contribution in [1.82, 2.24) is 10.3 Å². The number of hydrogen-bond donors (Lipinski definition) is 1. The summed E-state index contributed by atoms with van der Waals surface area (Å²) in [6.45, 7) is 1.94. The highest BCUT2D eigenvalue weighted by Gasteiger charge is 2.13. The van der Waals surface area contributed by atoms with Crippen LogP contribution in [0.1, 0.15) is 28.9 Å². The molecule has 4 nitrogen and oxygen atoms in total. The zero-order valence-corrected chi connectivity index (χ0v) is 12.1. The van der Waals surface area contributed by atoms with Crippen LogP contribution in [0.5, 0.6) is 0 Å². The number of aromatic nitrogens is 1. The van der Waals surface area contributed by atoms with Crippen molar-refractivity contribution < 1.29 is 9.21 Å². The summed E-state index contributed by atoms with van der Waals surface area (Å²) >= 11 is 5.70. The van der Waals surface area contributed by atoms with Gasteiger partial charge in [0.1, 0.15) is 5.52 Å². The zero-order chi connectivity index (χ0) is 14.8. The zero-order valence-electron chi connectivity index (χ0n) is 11.3. The summed E-state index contributed by atoms with van der Waals surface area (Å²) < 4.78 is 5.22. The quantitative estimate of drug-likeness (QED) is 0.796. The fourth-order valence-electron chi connectivity index (χ4n) is 2.14. The van der Waals surface area contributed by atoms with Crippen molar-refractivity contribution in [2.45, 2.75) is 13.0 Å². The molecule has 0 saturated carbocycles. The highest BCUT2D eigenvalue weighted by atomic mass is 35.5. The summed E-state index contributed by atoms with van der Waals surface area (Å²) in [7, 11) is 0. The van der Waals surface area contributed by atoms with Gasteiger partial charge < -0.3 is 9.73 Å². The molecule has 21 heavy (non-hydrogen) atoms. The molecule has 106 valence electrons. The molecule has 0 unspecified atom stereocenters. The predicted octanol–water partition coefficient (Wildman–Crippen LogP) is 3.97. The van der Waals surface area contributed by atoms with Crippen molar-refractivity contribution in [2.24, 2.45) is 0 Å². The second-order valence-corrected chi connectivity index (χ2v) is 5.08. The first-order valence-corrected chi connectivity index (χ1v) is 6.93.